The van der Waals surface area contributed by atoms with E-state index in [2.05, 4.69) is 75.7 Å². The van der Waals surface area contributed by atoms with E-state index in [0.29, 0.717) is 6.54 Å². The normalized spacial score (nSPS) is 18.7. The Kier molecular flexibility index (Phi) is 7.51. The minimum atomic E-state index is 0.172. The standard InChI is InChI=1S/C26H38N6/c1-20-11-15-32(16-12-20)25-10-9-22(18-28-25)19-29-26(27-3)30-21(2)23-7-6-8-24(17-23)31-13-4-5-14-31/h6-10,17-18,20-21H,4-5,11-16,19H2,1-3H3,(H2,27,29,30). The molecule has 2 aromatic rings. The lowest BCUT2D eigenvalue weighted by molar-refractivity contribution is 0.436. The van der Waals surface area contributed by atoms with Crippen LogP contribution in [0.4, 0.5) is 11.5 Å². The second kappa shape index (κ2) is 10.7. The summed E-state index contributed by atoms with van der Waals surface area (Å²) < 4.78 is 0. The number of guanidine groups is 1. The minimum Gasteiger partial charge on any atom is -0.372 e. The molecule has 2 saturated heterocycles. The van der Waals surface area contributed by atoms with Crippen LogP contribution in [0.3, 0.4) is 0 Å². The Labute approximate surface area is 193 Å². The molecule has 1 atom stereocenters. The lowest BCUT2D eigenvalue weighted by atomic mass is 9.99. The summed E-state index contributed by atoms with van der Waals surface area (Å²) in [7, 11) is 1.82. The number of hydrogen-bond donors (Lipinski definition) is 2. The fourth-order valence-corrected chi connectivity index (χ4v) is 4.58. The highest BCUT2D eigenvalue weighted by atomic mass is 15.2. The van der Waals surface area contributed by atoms with Crippen LogP contribution in [0.2, 0.25) is 0 Å². The summed E-state index contributed by atoms with van der Waals surface area (Å²) in [6.45, 7) is 9.77. The molecule has 0 radical (unpaired) electrons. The van der Waals surface area contributed by atoms with Gasteiger partial charge in [0.05, 0.1) is 6.04 Å². The van der Waals surface area contributed by atoms with Gasteiger partial charge in [-0.1, -0.05) is 25.1 Å². The number of pyridine rings is 1. The van der Waals surface area contributed by atoms with E-state index in [4.69, 9.17) is 4.98 Å². The Balaban J connectivity index is 1.29. The Morgan fingerprint density at radius 3 is 2.56 bits per heavy atom. The number of piperidine rings is 1. The monoisotopic (exact) mass is 434 g/mol. The molecule has 0 saturated carbocycles. The molecule has 6 nitrogen and oxygen atoms in total. The van der Waals surface area contributed by atoms with Crippen molar-refractivity contribution >= 4 is 17.5 Å². The van der Waals surface area contributed by atoms with E-state index >= 15 is 0 Å². The van der Waals surface area contributed by atoms with Gasteiger partial charge in [-0.15, -0.1) is 0 Å². The highest BCUT2D eigenvalue weighted by Crippen LogP contribution is 2.24. The van der Waals surface area contributed by atoms with E-state index in [0.717, 1.165) is 49.4 Å². The number of nitrogens with zero attached hydrogens (tertiary/aromatic N) is 4. The van der Waals surface area contributed by atoms with Crippen molar-refractivity contribution in [2.24, 2.45) is 10.9 Å². The van der Waals surface area contributed by atoms with Crippen LogP contribution in [0.15, 0.2) is 47.6 Å². The van der Waals surface area contributed by atoms with Gasteiger partial charge in [0, 0.05) is 51.7 Å². The third-order valence-electron chi connectivity index (χ3n) is 6.79. The fourth-order valence-electron chi connectivity index (χ4n) is 4.58. The molecule has 32 heavy (non-hydrogen) atoms. The van der Waals surface area contributed by atoms with Gasteiger partial charge < -0.3 is 20.4 Å². The van der Waals surface area contributed by atoms with Gasteiger partial charge in [-0.25, -0.2) is 4.98 Å². The molecule has 0 amide bonds. The molecule has 172 valence electrons. The largest absolute Gasteiger partial charge is 0.372 e. The molecule has 0 aliphatic carbocycles. The molecule has 1 aromatic carbocycles. The lowest BCUT2D eigenvalue weighted by Crippen LogP contribution is -2.38. The molecule has 3 heterocycles. The molecular weight excluding hydrogens is 396 g/mol. The number of rotatable bonds is 6. The molecule has 2 aliphatic rings. The Morgan fingerprint density at radius 1 is 1.09 bits per heavy atom. The van der Waals surface area contributed by atoms with Gasteiger partial charge >= 0.3 is 0 Å². The van der Waals surface area contributed by atoms with Crippen molar-refractivity contribution in [2.45, 2.75) is 52.1 Å². The van der Waals surface area contributed by atoms with Crippen molar-refractivity contribution in [2.75, 3.05) is 43.0 Å². The number of nitrogens with one attached hydrogen (secondary N) is 2. The van der Waals surface area contributed by atoms with Crippen LogP contribution in [0.25, 0.3) is 0 Å². The van der Waals surface area contributed by atoms with Gasteiger partial charge in [-0.3, -0.25) is 4.99 Å². The predicted molar refractivity (Wildman–Crippen MR) is 134 cm³/mol. The van der Waals surface area contributed by atoms with Crippen LogP contribution >= 0.6 is 0 Å². The maximum atomic E-state index is 4.71. The fraction of sp³-hybridized carbons (Fsp3) is 0.538. The van der Waals surface area contributed by atoms with Crippen molar-refractivity contribution in [1.29, 1.82) is 0 Å². The van der Waals surface area contributed by atoms with E-state index in [1.165, 1.54) is 36.9 Å². The lowest BCUT2D eigenvalue weighted by Gasteiger charge is -2.31. The molecule has 2 fully saturated rings. The molecule has 4 rings (SSSR count). The summed E-state index contributed by atoms with van der Waals surface area (Å²) in [6.07, 6.45) is 7.08. The van der Waals surface area contributed by atoms with Crippen LogP contribution in [-0.2, 0) is 6.54 Å². The summed E-state index contributed by atoms with van der Waals surface area (Å²) in [5, 5.41) is 6.97. The predicted octanol–water partition coefficient (Wildman–Crippen LogP) is 4.34. The smallest absolute Gasteiger partial charge is 0.191 e. The molecular formula is C26H38N6. The summed E-state index contributed by atoms with van der Waals surface area (Å²) in [5.41, 5.74) is 3.76. The van der Waals surface area contributed by atoms with Crippen LogP contribution in [0.1, 0.15) is 56.7 Å². The third kappa shape index (κ3) is 5.72. The van der Waals surface area contributed by atoms with E-state index in [1.54, 1.807) is 0 Å². The van der Waals surface area contributed by atoms with Crippen molar-refractivity contribution < 1.29 is 0 Å². The topological polar surface area (TPSA) is 55.8 Å². The van der Waals surface area contributed by atoms with Crippen molar-refractivity contribution in [1.82, 2.24) is 15.6 Å². The van der Waals surface area contributed by atoms with Crippen molar-refractivity contribution in [3.8, 4) is 0 Å². The zero-order valence-corrected chi connectivity index (χ0v) is 19.8. The quantitative estimate of drug-likeness (QED) is 0.523. The van der Waals surface area contributed by atoms with Crippen LogP contribution in [0.5, 0.6) is 0 Å². The molecule has 1 aromatic heterocycles. The average molecular weight is 435 g/mol. The highest BCUT2D eigenvalue weighted by molar-refractivity contribution is 5.80. The second-order valence-electron chi connectivity index (χ2n) is 9.28. The van der Waals surface area contributed by atoms with E-state index in [-0.39, 0.29) is 6.04 Å². The van der Waals surface area contributed by atoms with Crippen molar-refractivity contribution in [3.05, 3.63) is 53.7 Å². The third-order valence-corrected chi connectivity index (χ3v) is 6.79. The van der Waals surface area contributed by atoms with Gasteiger partial charge in [-0.05, 0) is 67.9 Å². The number of aromatic nitrogens is 1. The summed E-state index contributed by atoms with van der Waals surface area (Å²) >= 11 is 0. The first kappa shape index (κ1) is 22.4. The Morgan fingerprint density at radius 2 is 1.88 bits per heavy atom. The van der Waals surface area contributed by atoms with E-state index in [1.807, 2.05) is 13.2 Å². The van der Waals surface area contributed by atoms with Gasteiger partial charge in [0.25, 0.3) is 0 Å². The van der Waals surface area contributed by atoms with Crippen LogP contribution < -0.4 is 20.4 Å². The maximum Gasteiger partial charge on any atom is 0.191 e. The van der Waals surface area contributed by atoms with Gasteiger partial charge in [0.2, 0.25) is 0 Å². The van der Waals surface area contributed by atoms with Gasteiger partial charge in [-0.2, -0.15) is 0 Å². The molecule has 2 N–H and O–H groups in total. The number of anilines is 2. The van der Waals surface area contributed by atoms with E-state index in [9.17, 15) is 0 Å². The SMILES string of the molecule is CN=C(NCc1ccc(N2CCC(C)CC2)nc1)NC(C)c1cccc(N2CCCC2)c1. The Hall–Kier alpha value is -2.76. The summed E-state index contributed by atoms with van der Waals surface area (Å²) in [4.78, 5) is 14.0. The van der Waals surface area contributed by atoms with Crippen molar-refractivity contribution in [3.63, 3.8) is 0 Å². The first-order chi connectivity index (χ1) is 15.6. The number of benzene rings is 1. The minimum absolute atomic E-state index is 0.172. The first-order valence-corrected chi connectivity index (χ1v) is 12.1. The van der Waals surface area contributed by atoms with Crippen LogP contribution in [0, 0.1) is 5.92 Å². The second-order valence-corrected chi connectivity index (χ2v) is 9.28. The Bertz CT molecular complexity index is 879. The summed E-state index contributed by atoms with van der Waals surface area (Å²) in [6, 6.07) is 13.4. The molecule has 1 unspecified atom stereocenters. The molecule has 0 bridgehead atoms. The highest BCUT2D eigenvalue weighted by Gasteiger charge is 2.17. The molecule has 2 aliphatic heterocycles. The van der Waals surface area contributed by atoms with E-state index < -0.39 is 0 Å². The number of aliphatic imine (C=N–C) groups is 1. The zero-order chi connectivity index (χ0) is 22.3. The first-order valence-electron chi connectivity index (χ1n) is 12.1. The van der Waals surface area contributed by atoms with Gasteiger partial charge in [0.1, 0.15) is 5.82 Å². The number of hydrogen-bond acceptors (Lipinski definition) is 4. The maximum absolute atomic E-state index is 4.71. The zero-order valence-electron chi connectivity index (χ0n) is 19.8. The molecule has 6 heteroatoms. The summed E-state index contributed by atoms with van der Waals surface area (Å²) in [5.74, 6) is 2.73. The van der Waals surface area contributed by atoms with Gasteiger partial charge in [0.15, 0.2) is 5.96 Å². The van der Waals surface area contributed by atoms with Crippen LogP contribution in [-0.4, -0.2) is 44.2 Å². The average Bonchev–Trinajstić information content (AvgIpc) is 3.38. The molecule has 0 spiro atoms.